The van der Waals surface area contributed by atoms with Crippen LogP contribution >= 0.6 is 11.6 Å². The highest BCUT2D eigenvalue weighted by atomic mass is 35.5. The fourth-order valence-corrected chi connectivity index (χ4v) is 2.03. The summed E-state index contributed by atoms with van der Waals surface area (Å²) in [6, 6.07) is 10.1. The Morgan fingerprint density at radius 3 is 2.40 bits per heavy atom. The van der Waals surface area contributed by atoms with Crippen LogP contribution in [0.4, 0.5) is 14.5 Å². The molecule has 0 radical (unpaired) electrons. The number of carbonyl (C=O) groups is 1. The van der Waals surface area contributed by atoms with Crippen LogP contribution < -0.4 is 5.32 Å². The minimum Gasteiger partial charge on any atom is -0.326 e. The molecule has 0 spiro atoms. The number of anilines is 1. The zero-order valence-corrected chi connectivity index (χ0v) is 11.3. The van der Waals surface area contributed by atoms with Crippen LogP contribution in [0.2, 0.25) is 5.02 Å². The van der Waals surface area contributed by atoms with Crippen molar-refractivity contribution in [2.45, 2.75) is 12.8 Å². The van der Waals surface area contributed by atoms with Crippen LogP contribution in [0.25, 0.3) is 0 Å². The molecule has 0 aliphatic carbocycles. The number of benzene rings is 2. The van der Waals surface area contributed by atoms with Crippen LogP contribution in [0.3, 0.4) is 0 Å². The Hall–Kier alpha value is -1.94. The maximum absolute atomic E-state index is 13.0. The lowest BCUT2D eigenvalue weighted by Gasteiger charge is -2.06. The Morgan fingerprint density at radius 1 is 1.10 bits per heavy atom. The minimum atomic E-state index is -0.730. The quantitative estimate of drug-likeness (QED) is 0.900. The topological polar surface area (TPSA) is 29.1 Å². The molecule has 0 heterocycles. The van der Waals surface area contributed by atoms with Crippen LogP contribution in [0.5, 0.6) is 0 Å². The van der Waals surface area contributed by atoms with Crippen LogP contribution in [0.15, 0.2) is 42.5 Å². The second-order valence-corrected chi connectivity index (χ2v) is 4.70. The van der Waals surface area contributed by atoms with Crippen LogP contribution in [0, 0.1) is 11.6 Å². The summed E-state index contributed by atoms with van der Waals surface area (Å²) in [5.74, 6) is -1.78. The fourth-order valence-electron chi connectivity index (χ4n) is 1.80. The Bertz CT molecular complexity index is 611. The number of carbonyl (C=O) groups excluding carboxylic acids is 1. The SMILES string of the molecule is O=C(CCc1ccccc1Cl)Nc1cc(F)cc(F)c1. The summed E-state index contributed by atoms with van der Waals surface area (Å²) in [6.45, 7) is 0. The van der Waals surface area contributed by atoms with Gasteiger partial charge in [-0.05, 0) is 30.2 Å². The molecule has 2 aromatic carbocycles. The van der Waals surface area contributed by atoms with E-state index >= 15 is 0 Å². The number of aryl methyl sites for hydroxylation is 1. The van der Waals surface area contributed by atoms with E-state index in [2.05, 4.69) is 5.32 Å². The molecule has 5 heteroatoms. The maximum Gasteiger partial charge on any atom is 0.224 e. The first-order valence-electron chi connectivity index (χ1n) is 6.04. The molecule has 0 saturated heterocycles. The monoisotopic (exact) mass is 295 g/mol. The first-order valence-corrected chi connectivity index (χ1v) is 6.42. The molecule has 2 rings (SSSR count). The van der Waals surface area contributed by atoms with Gasteiger partial charge in [0.05, 0.1) is 0 Å². The molecule has 0 aliphatic rings. The number of amides is 1. The molecule has 2 nitrogen and oxygen atoms in total. The van der Waals surface area contributed by atoms with E-state index in [4.69, 9.17) is 11.6 Å². The highest BCUT2D eigenvalue weighted by molar-refractivity contribution is 6.31. The zero-order chi connectivity index (χ0) is 14.5. The third-order valence-corrected chi connectivity index (χ3v) is 3.09. The van der Waals surface area contributed by atoms with E-state index in [-0.39, 0.29) is 18.0 Å². The van der Waals surface area contributed by atoms with Gasteiger partial charge in [-0.3, -0.25) is 4.79 Å². The smallest absolute Gasteiger partial charge is 0.224 e. The number of hydrogen-bond donors (Lipinski definition) is 1. The predicted octanol–water partition coefficient (Wildman–Crippen LogP) is 4.19. The molecule has 0 unspecified atom stereocenters. The van der Waals surface area contributed by atoms with Gasteiger partial charge in [0.15, 0.2) is 0 Å². The largest absolute Gasteiger partial charge is 0.326 e. The molecule has 0 bridgehead atoms. The van der Waals surface area contributed by atoms with Crippen molar-refractivity contribution in [2.24, 2.45) is 0 Å². The highest BCUT2D eigenvalue weighted by Gasteiger charge is 2.07. The van der Waals surface area contributed by atoms with Crippen LogP contribution in [-0.4, -0.2) is 5.91 Å². The fraction of sp³-hybridized carbons (Fsp3) is 0.133. The number of nitrogens with one attached hydrogen (secondary N) is 1. The molecule has 0 aliphatic heterocycles. The molecule has 2 aromatic rings. The average molecular weight is 296 g/mol. The number of halogens is 3. The molecule has 104 valence electrons. The van der Waals surface area contributed by atoms with Gasteiger partial charge in [0.1, 0.15) is 11.6 Å². The first kappa shape index (κ1) is 14.5. The van der Waals surface area contributed by atoms with Crippen molar-refractivity contribution in [2.75, 3.05) is 5.32 Å². The van der Waals surface area contributed by atoms with E-state index in [1.54, 1.807) is 12.1 Å². The number of rotatable bonds is 4. The Kier molecular flexibility index (Phi) is 4.69. The van der Waals surface area contributed by atoms with Gasteiger partial charge in [0, 0.05) is 23.2 Å². The van der Waals surface area contributed by atoms with Gasteiger partial charge in [0.2, 0.25) is 5.91 Å². The Labute approximate surface area is 120 Å². The first-order chi connectivity index (χ1) is 9.54. The molecule has 1 N–H and O–H groups in total. The summed E-state index contributed by atoms with van der Waals surface area (Å²) in [7, 11) is 0. The summed E-state index contributed by atoms with van der Waals surface area (Å²) in [5.41, 5.74) is 0.960. The molecule has 0 saturated carbocycles. The van der Waals surface area contributed by atoms with Gasteiger partial charge in [0.25, 0.3) is 0 Å². The summed E-state index contributed by atoms with van der Waals surface area (Å²) >= 11 is 5.98. The Balaban J connectivity index is 1.94. The van der Waals surface area contributed by atoms with E-state index in [0.29, 0.717) is 11.4 Å². The van der Waals surface area contributed by atoms with E-state index in [1.165, 1.54) is 0 Å². The van der Waals surface area contributed by atoms with Gasteiger partial charge >= 0.3 is 0 Å². The second kappa shape index (κ2) is 6.48. The lowest BCUT2D eigenvalue weighted by Crippen LogP contribution is -2.12. The second-order valence-electron chi connectivity index (χ2n) is 4.30. The lowest BCUT2D eigenvalue weighted by atomic mass is 10.1. The van der Waals surface area contributed by atoms with Crippen LogP contribution in [0.1, 0.15) is 12.0 Å². The normalized spacial score (nSPS) is 10.3. The lowest BCUT2D eigenvalue weighted by molar-refractivity contribution is -0.116. The van der Waals surface area contributed by atoms with E-state index in [9.17, 15) is 13.6 Å². The molecule has 20 heavy (non-hydrogen) atoms. The van der Waals surface area contributed by atoms with Crippen molar-refractivity contribution < 1.29 is 13.6 Å². The van der Waals surface area contributed by atoms with Crippen molar-refractivity contribution in [3.63, 3.8) is 0 Å². The average Bonchev–Trinajstić information content (AvgIpc) is 2.36. The summed E-state index contributed by atoms with van der Waals surface area (Å²) in [4.78, 5) is 11.7. The summed E-state index contributed by atoms with van der Waals surface area (Å²) in [5, 5.41) is 3.05. The third kappa shape index (κ3) is 4.03. The van der Waals surface area contributed by atoms with Crippen molar-refractivity contribution in [3.8, 4) is 0 Å². The minimum absolute atomic E-state index is 0.103. The van der Waals surface area contributed by atoms with Gasteiger partial charge in [-0.1, -0.05) is 29.8 Å². The van der Waals surface area contributed by atoms with Gasteiger partial charge < -0.3 is 5.32 Å². The van der Waals surface area contributed by atoms with Gasteiger partial charge in [-0.25, -0.2) is 8.78 Å². The third-order valence-electron chi connectivity index (χ3n) is 2.73. The molecule has 1 amide bonds. The molecular weight excluding hydrogens is 284 g/mol. The number of hydrogen-bond acceptors (Lipinski definition) is 1. The van der Waals surface area contributed by atoms with Crippen molar-refractivity contribution in [1.29, 1.82) is 0 Å². The highest BCUT2D eigenvalue weighted by Crippen LogP contribution is 2.17. The van der Waals surface area contributed by atoms with E-state index < -0.39 is 11.6 Å². The van der Waals surface area contributed by atoms with Crippen molar-refractivity contribution >= 4 is 23.2 Å². The summed E-state index contributed by atoms with van der Waals surface area (Å²) < 4.78 is 25.9. The maximum atomic E-state index is 13.0. The Morgan fingerprint density at radius 2 is 1.75 bits per heavy atom. The van der Waals surface area contributed by atoms with Crippen molar-refractivity contribution in [3.05, 3.63) is 64.7 Å². The molecule has 0 atom stereocenters. The standard InChI is InChI=1S/C15H12ClF2NO/c16-14-4-2-1-3-10(14)5-6-15(20)19-13-8-11(17)7-12(18)9-13/h1-4,7-9H,5-6H2,(H,19,20). The molecule has 0 fully saturated rings. The van der Waals surface area contributed by atoms with E-state index in [1.807, 2.05) is 12.1 Å². The van der Waals surface area contributed by atoms with Crippen LogP contribution in [-0.2, 0) is 11.2 Å². The predicted molar refractivity (Wildman–Crippen MR) is 74.8 cm³/mol. The van der Waals surface area contributed by atoms with Crippen molar-refractivity contribution in [1.82, 2.24) is 0 Å². The molecule has 0 aromatic heterocycles. The van der Waals surface area contributed by atoms with Gasteiger partial charge in [-0.2, -0.15) is 0 Å². The van der Waals surface area contributed by atoms with E-state index in [0.717, 1.165) is 23.8 Å². The summed E-state index contributed by atoms with van der Waals surface area (Å²) in [6.07, 6.45) is 0.644. The van der Waals surface area contributed by atoms with Gasteiger partial charge in [-0.15, -0.1) is 0 Å². The molecular formula is C15H12ClF2NO. The zero-order valence-electron chi connectivity index (χ0n) is 10.5.